The molecule has 0 saturated heterocycles. The number of hydrogen-bond donors (Lipinski definition) is 0. The van der Waals surface area contributed by atoms with Gasteiger partial charge in [0.15, 0.2) is 0 Å². The van der Waals surface area contributed by atoms with Gasteiger partial charge in [0.2, 0.25) is 0 Å². The molecule has 4 heteroatoms. The van der Waals surface area contributed by atoms with Crippen LogP contribution in [0.15, 0.2) is 146 Å². The summed E-state index contributed by atoms with van der Waals surface area (Å²) < 4.78 is 4.75. The van der Waals surface area contributed by atoms with Crippen LogP contribution in [0.3, 0.4) is 0 Å². The van der Waals surface area contributed by atoms with Gasteiger partial charge in [0.1, 0.15) is 6.33 Å². The molecule has 0 bridgehead atoms. The van der Waals surface area contributed by atoms with Gasteiger partial charge in [-0.1, -0.05) is 97.9 Å². The summed E-state index contributed by atoms with van der Waals surface area (Å²) in [4.78, 5) is 9.57. The molecule has 0 saturated carbocycles. The van der Waals surface area contributed by atoms with Crippen molar-refractivity contribution < 1.29 is 0 Å². The van der Waals surface area contributed by atoms with Gasteiger partial charge in [0.25, 0.3) is 0 Å². The first-order valence-electron chi connectivity index (χ1n) is 15.6. The first-order valence-corrected chi connectivity index (χ1v) is 15.6. The van der Waals surface area contributed by atoms with Crippen LogP contribution in [0, 0.1) is 5.92 Å². The molecule has 1 aliphatic carbocycles. The van der Waals surface area contributed by atoms with Crippen molar-refractivity contribution in [2.75, 3.05) is 0 Å². The van der Waals surface area contributed by atoms with Crippen LogP contribution in [0.4, 0.5) is 0 Å². The van der Waals surface area contributed by atoms with E-state index in [9.17, 15) is 0 Å². The second-order valence-electron chi connectivity index (χ2n) is 11.9. The fourth-order valence-electron chi connectivity index (χ4n) is 7.15. The van der Waals surface area contributed by atoms with Gasteiger partial charge in [0, 0.05) is 38.5 Å². The molecule has 8 aromatic rings. The molecule has 3 aromatic heterocycles. The molecule has 0 amide bonds. The van der Waals surface area contributed by atoms with Crippen LogP contribution in [-0.2, 0) is 0 Å². The van der Waals surface area contributed by atoms with Crippen LogP contribution in [0.25, 0.3) is 71.8 Å². The zero-order valence-electron chi connectivity index (χ0n) is 24.9. The lowest BCUT2D eigenvalue weighted by molar-refractivity contribution is 0.752. The van der Waals surface area contributed by atoms with E-state index in [4.69, 9.17) is 9.97 Å². The number of nitrogens with zero attached hydrogens (tertiary/aromatic N) is 4. The second kappa shape index (κ2) is 10.2. The Labute approximate surface area is 261 Å². The van der Waals surface area contributed by atoms with Crippen LogP contribution in [0.2, 0.25) is 0 Å². The lowest BCUT2D eigenvalue weighted by atomic mass is 9.89. The SMILES string of the molecule is CC1CC=C(n2c3ccccc3c3ccccc32)C=C1c1cc(-c2cccc(-n3c4ccccc4c4ccccc43)c2)ncn1. The smallest absolute Gasteiger partial charge is 0.116 e. The Bertz CT molecular complexity index is 2380. The summed E-state index contributed by atoms with van der Waals surface area (Å²) >= 11 is 0. The van der Waals surface area contributed by atoms with Crippen LogP contribution in [0.5, 0.6) is 0 Å². The number of aromatic nitrogens is 4. The normalized spacial score (nSPS) is 15.2. The van der Waals surface area contributed by atoms with Crippen molar-refractivity contribution in [3.8, 4) is 16.9 Å². The number of hydrogen-bond acceptors (Lipinski definition) is 2. The van der Waals surface area contributed by atoms with Crippen LogP contribution in [-0.4, -0.2) is 19.1 Å². The Morgan fingerprint density at radius 3 is 1.69 bits per heavy atom. The minimum absolute atomic E-state index is 0.341. The molecule has 1 unspecified atom stereocenters. The third-order valence-electron chi connectivity index (χ3n) is 9.30. The van der Waals surface area contributed by atoms with Crippen LogP contribution < -0.4 is 0 Å². The molecular weight excluding hydrogens is 548 g/mol. The summed E-state index contributed by atoms with van der Waals surface area (Å²) in [6.45, 7) is 2.29. The lowest BCUT2D eigenvalue weighted by Crippen LogP contribution is -2.08. The number of rotatable bonds is 4. The van der Waals surface area contributed by atoms with E-state index in [1.807, 2.05) is 0 Å². The minimum Gasteiger partial charge on any atom is -0.310 e. The highest BCUT2D eigenvalue weighted by molar-refractivity contribution is 6.11. The Hall–Kier alpha value is -5.74. The van der Waals surface area contributed by atoms with Gasteiger partial charge in [-0.25, -0.2) is 9.97 Å². The van der Waals surface area contributed by atoms with Crippen molar-refractivity contribution in [3.63, 3.8) is 0 Å². The molecule has 0 N–H and O–H groups in total. The van der Waals surface area contributed by atoms with E-state index in [0.29, 0.717) is 5.92 Å². The summed E-state index contributed by atoms with van der Waals surface area (Å²) in [5.74, 6) is 0.341. The fraction of sp³-hybridized carbons (Fsp3) is 0.0732. The first-order chi connectivity index (χ1) is 22.2. The summed E-state index contributed by atoms with van der Waals surface area (Å²) in [6.07, 6.45) is 7.35. The van der Waals surface area contributed by atoms with Gasteiger partial charge in [0.05, 0.1) is 33.5 Å². The average Bonchev–Trinajstić information content (AvgIpc) is 3.62. The largest absolute Gasteiger partial charge is 0.310 e. The molecule has 1 atom stereocenters. The fourth-order valence-corrected chi connectivity index (χ4v) is 7.15. The lowest BCUT2D eigenvalue weighted by Gasteiger charge is -2.22. The number of allylic oxidation sites excluding steroid dienone is 4. The van der Waals surface area contributed by atoms with E-state index in [2.05, 4.69) is 156 Å². The summed E-state index contributed by atoms with van der Waals surface area (Å²) in [6, 6.07) is 45.5. The number of para-hydroxylation sites is 4. The quantitative estimate of drug-likeness (QED) is 0.208. The maximum atomic E-state index is 4.81. The highest BCUT2D eigenvalue weighted by Gasteiger charge is 2.21. The Kier molecular flexibility index (Phi) is 5.82. The standard InChI is InChI=1S/C41H30N4/c1-27-21-22-30(45-40-19-8-4-15-33(40)34-16-5-9-20-41(34)45)24-35(27)37-25-36(42-26-43-37)28-11-10-12-29(23-28)44-38-17-6-2-13-31(38)32-14-3-7-18-39(32)44/h2-20,22-27H,21H2,1H3. The van der Waals surface area contributed by atoms with E-state index in [-0.39, 0.29) is 0 Å². The molecule has 1 aliphatic rings. The molecule has 5 aromatic carbocycles. The predicted molar refractivity (Wildman–Crippen MR) is 187 cm³/mol. The van der Waals surface area contributed by atoms with E-state index in [0.717, 1.165) is 29.1 Å². The topological polar surface area (TPSA) is 35.6 Å². The predicted octanol–water partition coefficient (Wildman–Crippen LogP) is 10.3. The van der Waals surface area contributed by atoms with Gasteiger partial charge < -0.3 is 9.13 Å². The molecule has 45 heavy (non-hydrogen) atoms. The van der Waals surface area contributed by atoms with Crippen molar-refractivity contribution in [1.29, 1.82) is 0 Å². The molecule has 0 spiro atoms. The number of benzene rings is 5. The summed E-state index contributed by atoms with van der Waals surface area (Å²) in [5.41, 5.74) is 11.3. The molecular formula is C41H30N4. The monoisotopic (exact) mass is 578 g/mol. The minimum atomic E-state index is 0.341. The van der Waals surface area contributed by atoms with E-state index < -0.39 is 0 Å². The van der Waals surface area contributed by atoms with E-state index in [1.165, 1.54) is 54.9 Å². The molecule has 3 heterocycles. The third kappa shape index (κ3) is 4.06. The molecule has 9 rings (SSSR count). The Morgan fingerprint density at radius 1 is 0.556 bits per heavy atom. The maximum absolute atomic E-state index is 4.81. The molecule has 4 nitrogen and oxygen atoms in total. The van der Waals surface area contributed by atoms with Crippen molar-refractivity contribution in [2.24, 2.45) is 5.92 Å². The Morgan fingerprint density at radius 2 is 1.09 bits per heavy atom. The van der Waals surface area contributed by atoms with Gasteiger partial charge in [-0.3, -0.25) is 0 Å². The highest BCUT2D eigenvalue weighted by atomic mass is 15.0. The Balaban J connectivity index is 1.15. The van der Waals surface area contributed by atoms with Gasteiger partial charge in [-0.2, -0.15) is 0 Å². The number of fused-ring (bicyclic) bond motifs is 6. The molecule has 0 aliphatic heterocycles. The van der Waals surface area contributed by atoms with Gasteiger partial charge in [-0.05, 0) is 66.5 Å². The van der Waals surface area contributed by atoms with Crippen molar-refractivity contribution in [2.45, 2.75) is 13.3 Å². The van der Waals surface area contributed by atoms with Crippen LogP contribution in [0.1, 0.15) is 19.0 Å². The molecule has 0 radical (unpaired) electrons. The summed E-state index contributed by atoms with van der Waals surface area (Å²) in [5, 5.41) is 5.06. The highest BCUT2D eigenvalue weighted by Crippen LogP contribution is 2.38. The van der Waals surface area contributed by atoms with Crippen molar-refractivity contribution in [3.05, 3.63) is 152 Å². The van der Waals surface area contributed by atoms with Crippen LogP contribution >= 0.6 is 0 Å². The maximum Gasteiger partial charge on any atom is 0.116 e. The third-order valence-corrected chi connectivity index (χ3v) is 9.30. The second-order valence-corrected chi connectivity index (χ2v) is 11.9. The average molecular weight is 579 g/mol. The first kappa shape index (κ1) is 25.7. The zero-order valence-corrected chi connectivity index (χ0v) is 24.9. The van der Waals surface area contributed by atoms with Gasteiger partial charge >= 0.3 is 0 Å². The van der Waals surface area contributed by atoms with E-state index in [1.54, 1.807) is 6.33 Å². The van der Waals surface area contributed by atoms with E-state index >= 15 is 0 Å². The van der Waals surface area contributed by atoms with Gasteiger partial charge in [-0.15, -0.1) is 0 Å². The van der Waals surface area contributed by atoms with Crippen molar-refractivity contribution in [1.82, 2.24) is 19.1 Å². The molecule has 214 valence electrons. The molecule has 0 fully saturated rings. The zero-order chi connectivity index (χ0) is 29.9. The van der Waals surface area contributed by atoms with Crippen molar-refractivity contribution >= 4 is 54.9 Å². The summed E-state index contributed by atoms with van der Waals surface area (Å²) in [7, 11) is 0.